The van der Waals surface area contributed by atoms with E-state index >= 15 is 0 Å². The molecule has 0 radical (unpaired) electrons. The van der Waals surface area contributed by atoms with Crippen molar-refractivity contribution in [3.63, 3.8) is 0 Å². The summed E-state index contributed by atoms with van der Waals surface area (Å²) < 4.78 is 11.1. The molecule has 2 fully saturated rings. The first-order chi connectivity index (χ1) is 22.5. The SMILES string of the molecule is CCCCCOC(=O)CCN(CCCCCCN(CCC(=O)OCCCCC)C1CC(C)(C)NC(C)(C)C1)C1CC(C)(C)NC(C)(C)C1. The van der Waals surface area contributed by atoms with E-state index in [1.807, 2.05) is 0 Å². The number of nitrogens with one attached hydrogen (secondary N) is 2. The van der Waals surface area contributed by atoms with Gasteiger partial charge in [-0.3, -0.25) is 19.4 Å². The molecule has 0 aromatic carbocycles. The van der Waals surface area contributed by atoms with Gasteiger partial charge in [0.05, 0.1) is 26.1 Å². The molecule has 0 aromatic rings. The zero-order valence-corrected chi connectivity index (χ0v) is 33.2. The second-order valence-corrected chi connectivity index (χ2v) is 17.8. The molecule has 48 heavy (non-hydrogen) atoms. The van der Waals surface area contributed by atoms with Crippen LogP contribution >= 0.6 is 0 Å². The van der Waals surface area contributed by atoms with Crippen molar-refractivity contribution >= 4 is 11.9 Å². The summed E-state index contributed by atoms with van der Waals surface area (Å²) in [7, 11) is 0. The molecule has 2 heterocycles. The highest BCUT2D eigenvalue weighted by Gasteiger charge is 2.41. The Kier molecular flexibility index (Phi) is 18.4. The molecule has 0 spiro atoms. The van der Waals surface area contributed by atoms with E-state index in [0.717, 1.165) is 103 Å². The Labute approximate surface area is 296 Å². The monoisotopic (exact) mass is 679 g/mol. The number of nitrogens with zero attached hydrogens (tertiary/aromatic N) is 2. The van der Waals surface area contributed by atoms with Gasteiger partial charge in [0.25, 0.3) is 0 Å². The van der Waals surface area contributed by atoms with Crippen LogP contribution in [0, 0.1) is 0 Å². The number of unbranched alkanes of at least 4 members (excludes halogenated alkanes) is 7. The molecule has 0 bridgehead atoms. The Balaban J connectivity index is 1.94. The highest BCUT2D eigenvalue weighted by Crippen LogP contribution is 2.33. The van der Waals surface area contributed by atoms with Crippen molar-refractivity contribution < 1.29 is 19.1 Å². The van der Waals surface area contributed by atoms with E-state index in [1.54, 1.807) is 0 Å². The Morgan fingerprint density at radius 1 is 0.521 bits per heavy atom. The number of piperidine rings is 2. The molecule has 0 aromatic heterocycles. The number of carbonyl (C=O) groups excluding carboxylic acids is 2. The van der Waals surface area contributed by atoms with Gasteiger partial charge in [-0.1, -0.05) is 52.4 Å². The molecule has 0 saturated carbocycles. The summed E-state index contributed by atoms with van der Waals surface area (Å²) in [5.41, 5.74) is 0.256. The number of ether oxygens (including phenoxy) is 2. The van der Waals surface area contributed by atoms with E-state index < -0.39 is 0 Å². The van der Waals surface area contributed by atoms with Crippen LogP contribution in [0.1, 0.15) is 172 Å². The smallest absolute Gasteiger partial charge is 0.307 e. The lowest BCUT2D eigenvalue weighted by Gasteiger charge is -2.50. The standard InChI is InChI=1S/C40H78N4O4/c1-11-13-19-27-47-35(45)21-25-43(33-29-37(3,4)41-38(5,6)30-33)23-17-15-16-18-24-44(26-22-36(46)48-28-20-14-12-2)34-31-39(7,8)42-40(9,10)32-34/h33-34,41-42H,11-32H2,1-10H3. The summed E-state index contributed by atoms with van der Waals surface area (Å²) in [5.74, 6) is -0.115. The minimum Gasteiger partial charge on any atom is -0.466 e. The number of carbonyl (C=O) groups is 2. The molecule has 2 N–H and O–H groups in total. The van der Waals surface area contributed by atoms with Crippen LogP contribution in [-0.2, 0) is 19.1 Å². The van der Waals surface area contributed by atoms with Crippen molar-refractivity contribution in [2.75, 3.05) is 39.4 Å². The average Bonchev–Trinajstić information content (AvgIpc) is 2.95. The molecule has 282 valence electrons. The second kappa shape index (κ2) is 20.6. The zero-order valence-electron chi connectivity index (χ0n) is 33.2. The van der Waals surface area contributed by atoms with Gasteiger partial charge in [-0.15, -0.1) is 0 Å². The molecular formula is C40H78N4O4. The van der Waals surface area contributed by atoms with Crippen molar-refractivity contribution in [3.05, 3.63) is 0 Å². The van der Waals surface area contributed by atoms with E-state index in [9.17, 15) is 9.59 Å². The average molecular weight is 679 g/mol. The van der Waals surface area contributed by atoms with Crippen LogP contribution in [0.4, 0.5) is 0 Å². The van der Waals surface area contributed by atoms with E-state index in [1.165, 1.54) is 12.8 Å². The first kappa shape index (κ1) is 42.9. The summed E-state index contributed by atoms with van der Waals surface area (Å²) in [6, 6.07) is 0.904. The third-order valence-electron chi connectivity index (χ3n) is 10.2. The fourth-order valence-corrected chi connectivity index (χ4v) is 8.68. The molecule has 8 heteroatoms. The maximum Gasteiger partial charge on any atom is 0.307 e. The van der Waals surface area contributed by atoms with Crippen molar-refractivity contribution in [1.82, 2.24) is 20.4 Å². The van der Waals surface area contributed by atoms with Crippen LogP contribution in [0.15, 0.2) is 0 Å². The molecule has 2 rings (SSSR count). The van der Waals surface area contributed by atoms with E-state index in [0.29, 0.717) is 38.1 Å². The number of hydrogen-bond acceptors (Lipinski definition) is 8. The van der Waals surface area contributed by atoms with Gasteiger partial charge < -0.3 is 20.1 Å². The largest absolute Gasteiger partial charge is 0.466 e. The Hall–Kier alpha value is -1.22. The first-order valence-electron chi connectivity index (χ1n) is 19.8. The van der Waals surface area contributed by atoms with E-state index in [2.05, 4.69) is 89.7 Å². The summed E-state index contributed by atoms with van der Waals surface area (Å²) in [6.45, 7) is 27.5. The molecule has 0 atom stereocenters. The molecular weight excluding hydrogens is 600 g/mol. The molecule has 2 saturated heterocycles. The number of rotatable bonds is 23. The number of hydrogen-bond donors (Lipinski definition) is 2. The van der Waals surface area contributed by atoms with Crippen molar-refractivity contribution in [1.29, 1.82) is 0 Å². The van der Waals surface area contributed by atoms with Crippen molar-refractivity contribution in [3.8, 4) is 0 Å². The van der Waals surface area contributed by atoms with Gasteiger partial charge in [-0.2, -0.15) is 0 Å². The molecule has 2 aliphatic heterocycles. The molecule has 2 aliphatic rings. The molecule has 0 aliphatic carbocycles. The van der Waals surface area contributed by atoms with Gasteiger partial charge in [0.15, 0.2) is 0 Å². The first-order valence-corrected chi connectivity index (χ1v) is 19.8. The Bertz CT molecular complexity index is 828. The van der Waals surface area contributed by atoms with Gasteiger partial charge >= 0.3 is 11.9 Å². The summed E-state index contributed by atoms with van der Waals surface area (Å²) in [5, 5.41) is 7.66. The highest BCUT2D eigenvalue weighted by atomic mass is 16.5. The fraction of sp³-hybridized carbons (Fsp3) is 0.950. The topological polar surface area (TPSA) is 83.1 Å². The summed E-state index contributed by atoms with van der Waals surface area (Å²) in [4.78, 5) is 30.4. The van der Waals surface area contributed by atoms with Gasteiger partial charge in [0.2, 0.25) is 0 Å². The predicted octanol–water partition coefficient (Wildman–Crippen LogP) is 8.02. The predicted molar refractivity (Wildman–Crippen MR) is 200 cm³/mol. The third-order valence-corrected chi connectivity index (χ3v) is 10.2. The van der Waals surface area contributed by atoms with E-state index in [4.69, 9.17) is 9.47 Å². The van der Waals surface area contributed by atoms with Crippen LogP contribution in [0.2, 0.25) is 0 Å². The van der Waals surface area contributed by atoms with Crippen LogP contribution < -0.4 is 10.6 Å². The van der Waals surface area contributed by atoms with Crippen LogP contribution in [0.5, 0.6) is 0 Å². The van der Waals surface area contributed by atoms with E-state index in [-0.39, 0.29) is 34.1 Å². The lowest BCUT2D eigenvalue weighted by atomic mass is 9.79. The minimum atomic E-state index is -0.0576. The summed E-state index contributed by atoms with van der Waals surface area (Å²) in [6.07, 6.45) is 16.3. The quantitative estimate of drug-likeness (QED) is 0.0831. The maximum absolute atomic E-state index is 12.6. The number of esters is 2. The van der Waals surface area contributed by atoms with Crippen LogP contribution in [0.3, 0.4) is 0 Å². The summed E-state index contributed by atoms with van der Waals surface area (Å²) >= 11 is 0. The lowest BCUT2D eigenvalue weighted by molar-refractivity contribution is -0.145. The zero-order chi connectivity index (χ0) is 35.8. The van der Waals surface area contributed by atoms with Gasteiger partial charge in [-0.05, 0) is 120 Å². The highest BCUT2D eigenvalue weighted by molar-refractivity contribution is 5.69. The van der Waals surface area contributed by atoms with Crippen LogP contribution in [0.25, 0.3) is 0 Å². The Morgan fingerprint density at radius 3 is 1.17 bits per heavy atom. The molecule has 8 nitrogen and oxygen atoms in total. The fourth-order valence-electron chi connectivity index (χ4n) is 8.68. The Morgan fingerprint density at radius 2 is 0.854 bits per heavy atom. The molecule has 0 unspecified atom stereocenters. The molecule has 0 amide bonds. The second-order valence-electron chi connectivity index (χ2n) is 17.8. The van der Waals surface area contributed by atoms with Crippen molar-refractivity contribution in [2.24, 2.45) is 0 Å². The van der Waals surface area contributed by atoms with Crippen LogP contribution in [-0.4, -0.2) is 95.4 Å². The normalized spacial score (nSPS) is 20.7. The minimum absolute atomic E-state index is 0.0576. The van der Waals surface area contributed by atoms with Crippen molar-refractivity contribution in [2.45, 2.75) is 206 Å². The lowest BCUT2D eigenvalue weighted by Crippen LogP contribution is -2.62. The van der Waals surface area contributed by atoms with Gasteiger partial charge in [-0.25, -0.2) is 0 Å². The third kappa shape index (κ3) is 17.6. The maximum atomic E-state index is 12.6. The van der Waals surface area contributed by atoms with Gasteiger partial charge in [0.1, 0.15) is 0 Å². The van der Waals surface area contributed by atoms with Gasteiger partial charge in [0, 0.05) is 47.3 Å².